The molecule has 2 rings (SSSR count). The van der Waals surface area contributed by atoms with E-state index in [1.54, 1.807) is 26.2 Å². The molecule has 0 unspecified atom stereocenters. The van der Waals surface area contributed by atoms with Gasteiger partial charge in [0.1, 0.15) is 23.5 Å². The van der Waals surface area contributed by atoms with Crippen LogP contribution in [0.1, 0.15) is 18.4 Å². The lowest BCUT2D eigenvalue weighted by molar-refractivity contribution is -0.129. The number of nitriles is 1. The Balaban J connectivity index is 2.39. The van der Waals surface area contributed by atoms with E-state index in [1.807, 2.05) is 11.0 Å². The van der Waals surface area contributed by atoms with Crippen molar-refractivity contribution in [3.8, 4) is 6.07 Å². The average molecular weight is 261 g/mol. The second-order valence-corrected chi connectivity index (χ2v) is 4.83. The van der Waals surface area contributed by atoms with Gasteiger partial charge < -0.3 is 9.80 Å². The van der Waals surface area contributed by atoms with E-state index in [0.29, 0.717) is 12.2 Å². The molecule has 19 heavy (non-hydrogen) atoms. The zero-order valence-electron chi connectivity index (χ0n) is 11.1. The van der Waals surface area contributed by atoms with E-state index in [9.17, 15) is 9.18 Å². The molecule has 5 heteroatoms. The molecule has 0 saturated carbocycles. The zero-order chi connectivity index (χ0) is 14.0. The van der Waals surface area contributed by atoms with E-state index in [-0.39, 0.29) is 17.5 Å². The first-order valence-corrected chi connectivity index (χ1v) is 6.22. The van der Waals surface area contributed by atoms with Crippen molar-refractivity contribution in [1.29, 1.82) is 5.26 Å². The van der Waals surface area contributed by atoms with E-state index in [0.717, 1.165) is 12.8 Å². The number of rotatable bonds is 2. The maximum Gasteiger partial charge on any atom is 0.244 e. The zero-order valence-corrected chi connectivity index (χ0v) is 11.1. The van der Waals surface area contributed by atoms with E-state index in [2.05, 4.69) is 0 Å². The topological polar surface area (TPSA) is 47.3 Å². The highest BCUT2D eigenvalue weighted by atomic mass is 19.1. The summed E-state index contributed by atoms with van der Waals surface area (Å²) in [7, 11) is 3.41. The van der Waals surface area contributed by atoms with Crippen molar-refractivity contribution in [2.45, 2.75) is 18.9 Å². The maximum atomic E-state index is 13.6. The molecule has 1 aromatic carbocycles. The van der Waals surface area contributed by atoms with Gasteiger partial charge in [0, 0.05) is 20.6 Å². The standard InChI is InChI=1S/C14H16FN3O/c1-17(2)14(19)13-7-4-8-18(13)12-6-3-5-11(15)10(12)9-16/h3,5-6,13H,4,7-8H2,1-2H3/t13-/m0/s1. The highest BCUT2D eigenvalue weighted by Crippen LogP contribution is 2.30. The Labute approximate surface area is 112 Å². The molecule has 0 bridgehead atoms. The van der Waals surface area contributed by atoms with Gasteiger partial charge in [0.15, 0.2) is 0 Å². The monoisotopic (exact) mass is 261 g/mol. The number of carbonyl (C=O) groups excluding carboxylic acids is 1. The van der Waals surface area contributed by atoms with E-state index >= 15 is 0 Å². The smallest absolute Gasteiger partial charge is 0.244 e. The largest absolute Gasteiger partial charge is 0.358 e. The minimum atomic E-state index is -0.539. The Kier molecular flexibility index (Phi) is 3.70. The van der Waals surface area contributed by atoms with Crippen LogP contribution in [0, 0.1) is 17.1 Å². The number of benzene rings is 1. The molecule has 1 aliphatic rings. The molecule has 0 aromatic heterocycles. The summed E-state index contributed by atoms with van der Waals surface area (Å²) in [5.41, 5.74) is 0.529. The van der Waals surface area contributed by atoms with Gasteiger partial charge in [0.05, 0.1) is 5.69 Å². The predicted molar refractivity (Wildman–Crippen MR) is 70.2 cm³/mol. The van der Waals surface area contributed by atoms with Crippen molar-refractivity contribution in [3.63, 3.8) is 0 Å². The van der Waals surface area contributed by atoms with Gasteiger partial charge in [-0.1, -0.05) is 6.07 Å². The summed E-state index contributed by atoms with van der Waals surface area (Å²) in [5.74, 6) is -0.548. The SMILES string of the molecule is CN(C)C(=O)[C@@H]1CCCN1c1cccc(F)c1C#N. The van der Waals surface area contributed by atoms with Crippen molar-refractivity contribution >= 4 is 11.6 Å². The fourth-order valence-electron chi connectivity index (χ4n) is 2.47. The summed E-state index contributed by atoms with van der Waals surface area (Å²) in [6, 6.07) is 6.12. The fraction of sp³-hybridized carbons (Fsp3) is 0.429. The molecular weight excluding hydrogens is 245 g/mol. The van der Waals surface area contributed by atoms with Crippen molar-refractivity contribution in [3.05, 3.63) is 29.6 Å². The van der Waals surface area contributed by atoms with Crippen LogP contribution >= 0.6 is 0 Å². The lowest BCUT2D eigenvalue weighted by atomic mass is 10.1. The van der Waals surface area contributed by atoms with Gasteiger partial charge in [-0.2, -0.15) is 5.26 Å². The maximum absolute atomic E-state index is 13.6. The summed E-state index contributed by atoms with van der Waals surface area (Å²) in [6.07, 6.45) is 1.60. The van der Waals surface area contributed by atoms with E-state index < -0.39 is 5.82 Å². The molecule has 0 N–H and O–H groups in total. The van der Waals surface area contributed by atoms with Crippen LogP contribution in [0.5, 0.6) is 0 Å². The first kappa shape index (κ1) is 13.3. The molecule has 1 heterocycles. The van der Waals surface area contributed by atoms with Gasteiger partial charge in [-0.05, 0) is 25.0 Å². The van der Waals surface area contributed by atoms with Gasteiger partial charge in [-0.15, -0.1) is 0 Å². The Morgan fingerprint density at radius 1 is 1.53 bits per heavy atom. The first-order chi connectivity index (χ1) is 9.06. The molecule has 0 radical (unpaired) electrons. The molecule has 1 saturated heterocycles. The lowest BCUT2D eigenvalue weighted by Crippen LogP contribution is -2.43. The molecule has 1 fully saturated rings. The molecule has 4 nitrogen and oxygen atoms in total. The van der Waals surface area contributed by atoms with Crippen LogP contribution in [-0.4, -0.2) is 37.5 Å². The van der Waals surface area contributed by atoms with Crippen molar-refractivity contribution < 1.29 is 9.18 Å². The van der Waals surface area contributed by atoms with Crippen LogP contribution < -0.4 is 4.90 Å². The molecule has 1 aromatic rings. The van der Waals surface area contributed by atoms with Crippen LogP contribution in [0.25, 0.3) is 0 Å². The second kappa shape index (κ2) is 5.27. The molecule has 1 atom stereocenters. The Hall–Kier alpha value is -2.09. The van der Waals surface area contributed by atoms with E-state index in [4.69, 9.17) is 5.26 Å². The molecule has 100 valence electrons. The predicted octanol–water partition coefficient (Wildman–Crippen LogP) is 1.75. The molecule has 0 spiro atoms. The quantitative estimate of drug-likeness (QED) is 0.815. The number of hydrogen-bond donors (Lipinski definition) is 0. The number of halogens is 1. The van der Waals surface area contributed by atoms with Crippen LogP contribution in [0.15, 0.2) is 18.2 Å². The fourth-order valence-corrected chi connectivity index (χ4v) is 2.47. The van der Waals surface area contributed by atoms with Crippen LogP contribution in [0.4, 0.5) is 10.1 Å². The van der Waals surface area contributed by atoms with Gasteiger partial charge in [0.2, 0.25) is 5.91 Å². The third kappa shape index (κ3) is 2.39. The minimum absolute atomic E-state index is 0.00866. The highest BCUT2D eigenvalue weighted by Gasteiger charge is 2.33. The van der Waals surface area contributed by atoms with E-state index in [1.165, 1.54) is 11.0 Å². The second-order valence-electron chi connectivity index (χ2n) is 4.83. The van der Waals surface area contributed by atoms with Gasteiger partial charge in [0.25, 0.3) is 0 Å². The Morgan fingerprint density at radius 2 is 2.26 bits per heavy atom. The summed E-state index contributed by atoms with van der Waals surface area (Å²) in [6.45, 7) is 0.669. The Bertz CT molecular complexity index is 536. The number of carbonyl (C=O) groups is 1. The lowest BCUT2D eigenvalue weighted by Gasteiger charge is -2.28. The average Bonchev–Trinajstić information content (AvgIpc) is 2.86. The number of amides is 1. The van der Waals surface area contributed by atoms with Crippen molar-refractivity contribution in [1.82, 2.24) is 4.90 Å². The summed E-state index contributed by atoms with van der Waals surface area (Å²) < 4.78 is 13.6. The van der Waals surface area contributed by atoms with Crippen LogP contribution in [-0.2, 0) is 4.79 Å². The van der Waals surface area contributed by atoms with Crippen LogP contribution in [0.2, 0.25) is 0 Å². The first-order valence-electron chi connectivity index (χ1n) is 6.22. The highest BCUT2D eigenvalue weighted by molar-refractivity contribution is 5.86. The Morgan fingerprint density at radius 3 is 2.89 bits per heavy atom. The number of hydrogen-bond acceptors (Lipinski definition) is 3. The minimum Gasteiger partial charge on any atom is -0.358 e. The number of nitrogens with zero attached hydrogens (tertiary/aromatic N) is 3. The van der Waals surface area contributed by atoms with Crippen LogP contribution in [0.3, 0.4) is 0 Å². The van der Waals surface area contributed by atoms with Gasteiger partial charge in [-0.3, -0.25) is 4.79 Å². The molecule has 0 aliphatic carbocycles. The third-order valence-corrected chi connectivity index (χ3v) is 3.39. The van der Waals surface area contributed by atoms with Crippen molar-refractivity contribution in [2.24, 2.45) is 0 Å². The number of likely N-dealkylation sites (N-methyl/N-ethyl adjacent to an activating group) is 1. The molecular formula is C14H16FN3O. The third-order valence-electron chi connectivity index (χ3n) is 3.39. The summed E-state index contributed by atoms with van der Waals surface area (Å²) in [4.78, 5) is 15.5. The summed E-state index contributed by atoms with van der Waals surface area (Å²) in [5, 5.41) is 9.08. The molecule has 1 aliphatic heterocycles. The summed E-state index contributed by atoms with van der Waals surface area (Å²) >= 11 is 0. The number of anilines is 1. The van der Waals surface area contributed by atoms with Gasteiger partial charge in [-0.25, -0.2) is 4.39 Å². The molecule has 1 amide bonds. The van der Waals surface area contributed by atoms with Gasteiger partial charge >= 0.3 is 0 Å². The normalized spacial score (nSPS) is 18.2. The van der Waals surface area contributed by atoms with Crippen molar-refractivity contribution in [2.75, 3.05) is 25.5 Å².